The second-order valence-electron chi connectivity index (χ2n) is 10.1. The maximum atomic E-state index is 13.7. The summed E-state index contributed by atoms with van der Waals surface area (Å²) in [6, 6.07) is 18.4. The molecular formula is C29H33ClN4O6S. The first-order chi connectivity index (χ1) is 19.5. The fourth-order valence-corrected chi connectivity index (χ4v) is 5.60. The van der Waals surface area contributed by atoms with E-state index in [0.717, 1.165) is 0 Å². The van der Waals surface area contributed by atoms with Crippen molar-refractivity contribution in [3.05, 3.63) is 83.4 Å². The lowest BCUT2D eigenvalue weighted by atomic mass is 9.99. The molecule has 0 aromatic heterocycles. The molecule has 218 valence electrons. The quantitative estimate of drug-likeness (QED) is 0.349. The molecule has 0 radical (unpaired) electrons. The number of amides is 3. The zero-order chi connectivity index (χ0) is 29.7. The highest BCUT2D eigenvalue weighted by Crippen LogP contribution is 2.31. The SMILES string of the molecule is C[C@@H]1CN([C@H](C)CO)C(=O)c2cc(NS(=O)(=O)c3ccc(Cl)cc3)ccc2O[C@H]1CN(C)C(=O)Nc1ccccc1. The van der Waals surface area contributed by atoms with E-state index in [0.29, 0.717) is 10.7 Å². The largest absolute Gasteiger partial charge is 0.487 e. The highest BCUT2D eigenvalue weighted by Gasteiger charge is 2.34. The summed E-state index contributed by atoms with van der Waals surface area (Å²) in [5.74, 6) is -0.376. The highest BCUT2D eigenvalue weighted by atomic mass is 35.5. The lowest BCUT2D eigenvalue weighted by Gasteiger charge is -2.38. The van der Waals surface area contributed by atoms with Crippen LogP contribution in [-0.4, -0.2) is 74.2 Å². The number of likely N-dealkylation sites (N-methyl/N-ethyl adjacent to an activating group) is 1. The van der Waals surface area contributed by atoms with E-state index < -0.39 is 28.1 Å². The first-order valence-electron chi connectivity index (χ1n) is 13.1. The van der Waals surface area contributed by atoms with Crippen molar-refractivity contribution in [1.82, 2.24) is 9.80 Å². The average molecular weight is 601 g/mol. The first-order valence-corrected chi connectivity index (χ1v) is 14.9. The van der Waals surface area contributed by atoms with Crippen molar-refractivity contribution in [3.8, 4) is 5.75 Å². The maximum absolute atomic E-state index is 13.7. The number of para-hydroxylation sites is 1. The third-order valence-electron chi connectivity index (χ3n) is 6.87. The number of benzene rings is 3. The van der Waals surface area contributed by atoms with Crippen molar-refractivity contribution < 1.29 is 27.9 Å². The van der Waals surface area contributed by atoms with Gasteiger partial charge in [-0.15, -0.1) is 0 Å². The van der Waals surface area contributed by atoms with Crippen molar-refractivity contribution in [2.75, 3.05) is 36.8 Å². The van der Waals surface area contributed by atoms with Gasteiger partial charge in [0.05, 0.1) is 29.7 Å². The van der Waals surface area contributed by atoms with Crippen LogP contribution in [0.25, 0.3) is 0 Å². The van der Waals surface area contributed by atoms with Crippen LogP contribution >= 0.6 is 11.6 Å². The summed E-state index contributed by atoms with van der Waals surface area (Å²) in [6.45, 7) is 3.84. The van der Waals surface area contributed by atoms with Gasteiger partial charge >= 0.3 is 6.03 Å². The number of ether oxygens (including phenoxy) is 1. The molecule has 0 saturated carbocycles. The number of nitrogens with zero attached hydrogens (tertiary/aromatic N) is 2. The van der Waals surface area contributed by atoms with Crippen LogP contribution in [0.3, 0.4) is 0 Å². The monoisotopic (exact) mass is 600 g/mol. The molecule has 4 rings (SSSR count). The normalized spacial score (nSPS) is 17.9. The standard InChI is InChI=1S/C29H33ClN4O6S/c1-19-16-34(20(2)18-35)28(36)25-15-23(32-41(38,39)24-12-9-21(30)10-13-24)11-14-26(25)40-27(19)17-33(3)29(37)31-22-7-5-4-6-8-22/h4-15,19-20,27,32,35H,16-18H2,1-3H3,(H,31,37)/t19-,20-,27+/m1/s1. The van der Waals surface area contributed by atoms with E-state index in [1.165, 1.54) is 47.4 Å². The molecule has 3 amide bonds. The van der Waals surface area contributed by atoms with Crippen LogP contribution in [0.2, 0.25) is 5.02 Å². The van der Waals surface area contributed by atoms with E-state index in [1.807, 2.05) is 25.1 Å². The lowest BCUT2D eigenvalue weighted by Crippen LogP contribution is -2.50. The van der Waals surface area contributed by atoms with E-state index in [9.17, 15) is 23.1 Å². The molecule has 0 spiro atoms. The molecule has 0 unspecified atom stereocenters. The van der Waals surface area contributed by atoms with Gasteiger partial charge in [0, 0.05) is 35.9 Å². The van der Waals surface area contributed by atoms with Gasteiger partial charge in [-0.25, -0.2) is 13.2 Å². The number of hydrogen-bond donors (Lipinski definition) is 3. The van der Waals surface area contributed by atoms with Crippen molar-refractivity contribution in [2.24, 2.45) is 5.92 Å². The first kappa shape index (κ1) is 30.2. The molecule has 3 N–H and O–H groups in total. The van der Waals surface area contributed by atoms with Gasteiger partial charge in [-0.1, -0.05) is 36.7 Å². The number of urea groups is 1. The number of carbonyl (C=O) groups excluding carboxylic acids is 2. The van der Waals surface area contributed by atoms with Gasteiger partial charge in [-0.2, -0.15) is 0 Å². The maximum Gasteiger partial charge on any atom is 0.321 e. The predicted octanol–water partition coefficient (Wildman–Crippen LogP) is 4.52. The van der Waals surface area contributed by atoms with Gasteiger partial charge in [-0.05, 0) is 61.5 Å². The summed E-state index contributed by atoms with van der Waals surface area (Å²) in [5, 5.41) is 13.1. The van der Waals surface area contributed by atoms with Crippen LogP contribution in [0.15, 0.2) is 77.7 Å². The minimum atomic E-state index is -3.96. The summed E-state index contributed by atoms with van der Waals surface area (Å²) in [4.78, 5) is 29.6. The zero-order valence-electron chi connectivity index (χ0n) is 23.0. The van der Waals surface area contributed by atoms with Gasteiger partial charge in [0.25, 0.3) is 15.9 Å². The predicted molar refractivity (Wildman–Crippen MR) is 158 cm³/mol. The molecule has 41 heavy (non-hydrogen) atoms. The van der Waals surface area contributed by atoms with Crippen molar-refractivity contribution in [3.63, 3.8) is 0 Å². The number of aliphatic hydroxyl groups excluding tert-OH is 1. The number of aliphatic hydroxyl groups is 1. The second-order valence-corrected chi connectivity index (χ2v) is 12.2. The van der Waals surface area contributed by atoms with Crippen molar-refractivity contribution in [1.29, 1.82) is 0 Å². The number of sulfonamides is 1. The van der Waals surface area contributed by atoms with Crippen LogP contribution in [-0.2, 0) is 10.0 Å². The average Bonchev–Trinajstić information content (AvgIpc) is 2.95. The van der Waals surface area contributed by atoms with E-state index in [4.69, 9.17) is 16.3 Å². The number of carbonyl (C=O) groups is 2. The van der Waals surface area contributed by atoms with Crippen LogP contribution in [0, 0.1) is 5.92 Å². The van der Waals surface area contributed by atoms with Crippen LogP contribution in [0.5, 0.6) is 5.75 Å². The molecule has 0 bridgehead atoms. The smallest absolute Gasteiger partial charge is 0.321 e. The van der Waals surface area contributed by atoms with Gasteiger partial charge in [-0.3, -0.25) is 9.52 Å². The van der Waals surface area contributed by atoms with Crippen LogP contribution in [0.1, 0.15) is 24.2 Å². The molecule has 1 heterocycles. The fraction of sp³-hybridized carbons (Fsp3) is 0.310. The molecule has 12 heteroatoms. The number of nitrogens with one attached hydrogen (secondary N) is 2. The van der Waals surface area contributed by atoms with Crippen molar-refractivity contribution in [2.45, 2.75) is 30.9 Å². The van der Waals surface area contributed by atoms with Gasteiger partial charge < -0.3 is 25.0 Å². The summed E-state index contributed by atoms with van der Waals surface area (Å²) < 4.78 is 34.7. The number of halogens is 1. The summed E-state index contributed by atoms with van der Waals surface area (Å²) in [7, 11) is -2.31. The lowest BCUT2D eigenvalue weighted by molar-refractivity contribution is 0.0371. The Balaban J connectivity index is 1.62. The Morgan fingerprint density at radius 1 is 1.12 bits per heavy atom. The summed E-state index contributed by atoms with van der Waals surface area (Å²) >= 11 is 5.89. The molecule has 3 aromatic rings. The van der Waals surface area contributed by atoms with Gasteiger partial charge in [0.15, 0.2) is 0 Å². The van der Waals surface area contributed by atoms with Gasteiger partial charge in [0.2, 0.25) is 0 Å². The molecule has 3 atom stereocenters. The zero-order valence-corrected chi connectivity index (χ0v) is 24.5. The molecule has 0 fully saturated rings. The Morgan fingerprint density at radius 2 is 1.80 bits per heavy atom. The molecule has 1 aliphatic rings. The molecule has 0 saturated heterocycles. The van der Waals surface area contributed by atoms with Gasteiger partial charge in [0.1, 0.15) is 11.9 Å². The molecule has 3 aromatic carbocycles. The molecule has 1 aliphatic heterocycles. The highest BCUT2D eigenvalue weighted by molar-refractivity contribution is 7.92. The Morgan fingerprint density at radius 3 is 2.46 bits per heavy atom. The van der Waals surface area contributed by atoms with E-state index >= 15 is 0 Å². The van der Waals surface area contributed by atoms with Crippen molar-refractivity contribution >= 4 is 44.9 Å². The summed E-state index contributed by atoms with van der Waals surface area (Å²) in [5.41, 5.74) is 0.954. The Kier molecular flexibility index (Phi) is 9.42. The topological polar surface area (TPSA) is 128 Å². The second kappa shape index (κ2) is 12.8. The molecule has 0 aliphatic carbocycles. The Labute approximate surface area is 244 Å². The third kappa shape index (κ3) is 7.29. The Hall–Kier alpha value is -3.80. The van der Waals surface area contributed by atoms with Crippen LogP contribution in [0.4, 0.5) is 16.2 Å². The molecular weight excluding hydrogens is 568 g/mol. The van der Waals surface area contributed by atoms with E-state index in [-0.39, 0.29) is 53.5 Å². The Bertz CT molecular complexity index is 1490. The third-order valence-corrected chi connectivity index (χ3v) is 8.52. The number of fused-ring (bicyclic) bond motifs is 1. The number of hydrogen-bond acceptors (Lipinski definition) is 6. The van der Waals surface area contributed by atoms with E-state index in [1.54, 1.807) is 31.0 Å². The van der Waals surface area contributed by atoms with E-state index in [2.05, 4.69) is 10.0 Å². The molecule has 10 nitrogen and oxygen atoms in total. The number of anilines is 2. The minimum Gasteiger partial charge on any atom is -0.487 e. The van der Waals surface area contributed by atoms with Crippen LogP contribution < -0.4 is 14.8 Å². The number of rotatable bonds is 8. The minimum absolute atomic E-state index is 0.0115. The fourth-order valence-electron chi connectivity index (χ4n) is 4.42. The summed E-state index contributed by atoms with van der Waals surface area (Å²) in [6.07, 6.45) is -0.515.